The molecule has 0 aromatic heterocycles. The van der Waals surface area contributed by atoms with Crippen LogP contribution in [0.5, 0.6) is 0 Å². The molecule has 0 saturated heterocycles. The van der Waals surface area contributed by atoms with Crippen LogP contribution in [-0.2, 0) is 14.8 Å². The summed E-state index contributed by atoms with van der Waals surface area (Å²) < 4.78 is 38.6. The Labute approximate surface area is 118 Å². The number of benzene rings is 1. The molecule has 0 spiro atoms. The fourth-order valence-electron chi connectivity index (χ4n) is 1.48. The molecular weight excluding hydrogens is 283 g/mol. The van der Waals surface area contributed by atoms with Gasteiger partial charge in [-0.1, -0.05) is 26.0 Å². The van der Waals surface area contributed by atoms with E-state index in [9.17, 15) is 17.6 Å². The Morgan fingerprint density at radius 2 is 1.95 bits per heavy atom. The van der Waals surface area contributed by atoms with Gasteiger partial charge in [0, 0.05) is 13.6 Å². The SMILES string of the molecule is CC(C)CNC(=O)CN(C)S(=O)(=O)c1ccccc1F. The minimum atomic E-state index is -4.01. The van der Waals surface area contributed by atoms with Crippen LogP contribution in [0.4, 0.5) is 4.39 Å². The zero-order chi connectivity index (χ0) is 15.3. The van der Waals surface area contributed by atoms with Crippen molar-refractivity contribution >= 4 is 15.9 Å². The maximum atomic E-state index is 13.5. The molecule has 5 nitrogen and oxygen atoms in total. The van der Waals surface area contributed by atoms with E-state index in [1.807, 2.05) is 13.8 Å². The molecule has 112 valence electrons. The third-order valence-electron chi connectivity index (χ3n) is 2.60. The van der Waals surface area contributed by atoms with E-state index in [0.29, 0.717) is 6.54 Å². The van der Waals surface area contributed by atoms with Crippen LogP contribution in [0.25, 0.3) is 0 Å². The van der Waals surface area contributed by atoms with Crippen LogP contribution in [0.15, 0.2) is 29.2 Å². The summed E-state index contributed by atoms with van der Waals surface area (Å²) in [6, 6.07) is 5.08. The van der Waals surface area contributed by atoms with Gasteiger partial charge in [-0.3, -0.25) is 4.79 Å². The highest BCUT2D eigenvalue weighted by atomic mass is 32.2. The summed E-state index contributed by atoms with van der Waals surface area (Å²) in [4.78, 5) is 11.2. The van der Waals surface area contributed by atoms with Crippen LogP contribution < -0.4 is 5.32 Å². The summed E-state index contributed by atoms with van der Waals surface area (Å²) >= 11 is 0. The number of hydrogen-bond acceptors (Lipinski definition) is 3. The molecule has 0 aliphatic rings. The maximum absolute atomic E-state index is 13.5. The summed E-state index contributed by atoms with van der Waals surface area (Å²) in [6.45, 7) is 3.98. The molecule has 0 bridgehead atoms. The molecule has 1 aromatic carbocycles. The minimum Gasteiger partial charge on any atom is -0.355 e. The first kappa shape index (κ1) is 16.6. The number of nitrogens with zero attached hydrogens (tertiary/aromatic N) is 1. The highest BCUT2D eigenvalue weighted by Gasteiger charge is 2.25. The summed E-state index contributed by atoms with van der Waals surface area (Å²) in [6.07, 6.45) is 0. The van der Waals surface area contributed by atoms with Gasteiger partial charge >= 0.3 is 0 Å². The van der Waals surface area contributed by atoms with Crippen molar-refractivity contribution in [3.63, 3.8) is 0 Å². The topological polar surface area (TPSA) is 66.5 Å². The van der Waals surface area contributed by atoms with Crippen molar-refractivity contribution in [1.82, 2.24) is 9.62 Å². The Bertz CT molecular complexity index is 573. The number of carbonyl (C=O) groups excluding carboxylic acids is 1. The zero-order valence-corrected chi connectivity index (χ0v) is 12.6. The number of hydrogen-bond donors (Lipinski definition) is 1. The van der Waals surface area contributed by atoms with Gasteiger partial charge in [-0.05, 0) is 18.1 Å². The van der Waals surface area contributed by atoms with E-state index in [1.165, 1.54) is 25.2 Å². The first-order chi connectivity index (χ1) is 9.25. The predicted octanol–water partition coefficient (Wildman–Crippen LogP) is 1.22. The lowest BCUT2D eigenvalue weighted by molar-refractivity contribution is -0.121. The Morgan fingerprint density at radius 3 is 2.50 bits per heavy atom. The molecule has 1 rings (SSSR count). The highest BCUT2D eigenvalue weighted by molar-refractivity contribution is 7.89. The van der Waals surface area contributed by atoms with Crippen molar-refractivity contribution < 1.29 is 17.6 Å². The first-order valence-corrected chi connectivity index (χ1v) is 7.66. The molecule has 0 radical (unpaired) electrons. The molecule has 0 aliphatic carbocycles. The van der Waals surface area contributed by atoms with Crippen LogP contribution in [0.3, 0.4) is 0 Å². The number of carbonyl (C=O) groups is 1. The third kappa shape index (κ3) is 4.28. The van der Waals surface area contributed by atoms with E-state index >= 15 is 0 Å². The standard InChI is InChI=1S/C13H19FN2O3S/c1-10(2)8-15-13(17)9-16(3)20(18,19)12-7-5-4-6-11(12)14/h4-7,10H,8-9H2,1-3H3,(H,15,17). The van der Waals surface area contributed by atoms with Gasteiger partial charge in [-0.2, -0.15) is 4.31 Å². The predicted molar refractivity (Wildman–Crippen MR) is 74.1 cm³/mol. The molecule has 1 amide bonds. The lowest BCUT2D eigenvalue weighted by atomic mass is 10.2. The molecule has 0 heterocycles. The summed E-state index contributed by atoms with van der Waals surface area (Å²) in [5.74, 6) is -0.976. The van der Waals surface area contributed by atoms with Crippen molar-refractivity contribution in [2.24, 2.45) is 5.92 Å². The van der Waals surface area contributed by atoms with Crippen molar-refractivity contribution in [2.75, 3.05) is 20.1 Å². The van der Waals surface area contributed by atoms with Gasteiger partial charge in [0.15, 0.2) is 0 Å². The lowest BCUT2D eigenvalue weighted by Crippen LogP contribution is -2.39. The quantitative estimate of drug-likeness (QED) is 0.859. The van der Waals surface area contributed by atoms with Gasteiger partial charge in [0.25, 0.3) is 0 Å². The van der Waals surface area contributed by atoms with Crippen molar-refractivity contribution in [3.8, 4) is 0 Å². The van der Waals surface area contributed by atoms with Crippen molar-refractivity contribution in [2.45, 2.75) is 18.7 Å². The van der Waals surface area contributed by atoms with Crippen LogP contribution >= 0.6 is 0 Å². The van der Waals surface area contributed by atoms with E-state index < -0.39 is 26.6 Å². The number of halogens is 1. The van der Waals surface area contributed by atoms with Gasteiger partial charge in [0.05, 0.1) is 6.54 Å². The molecular formula is C13H19FN2O3S. The van der Waals surface area contributed by atoms with E-state index in [2.05, 4.69) is 5.32 Å². The fraction of sp³-hybridized carbons (Fsp3) is 0.462. The van der Waals surface area contributed by atoms with E-state index in [4.69, 9.17) is 0 Å². The van der Waals surface area contributed by atoms with Crippen LogP contribution in [0, 0.1) is 11.7 Å². The Kier molecular flexibility index (Phi) is 5.64. The van der Waals surface area contributed by atoms with Gasteiger partial charge in [0.2, 0.25) is 15.9 Å². The molecule has 0 fully saturated rings. The first-order valence-electron chi connectivity index (χ1n) is 6.22. The van der Waals surface area contributed by atoms with Crippen molar-refractivity contribution in [3.05, 3.63) is 30.1 Å². The Hall–Kier alpha value is -1.47. The van der Waals surface area contributed by atoms with Gasteiger partial charge in [-0.15, -0.1) is 0 Å². The number of nitrogens with one attached hydrogen (secondary N) is 1. The average molecular weight is 302 g/mol. The minimum absolute atomic E-state index is 0.271. The number of sulfonamides is 1. The van der Waals surface area contributed by atoms with Gasteiger partial charge < -0.3 is 5.32 Å². The molecule has 1 N–H and O–H groups in total. The molecule has 20 heavy (non-hydrogen) atoms. The number of rotatable bonds is 6. The smallest absolute Gasteiger partial charge is 0.246 e. The normalized spacial score (nSPS) is 11.9. The van der Waals surface area contributed by atoms with Crippen LogP contribution in [0.1, 0.15) is 13.8 Å². The van der Waals surface area contributed by atoms with Gasteiger partial charge in [-0.25, -0.2) is 12.8 Å². The van der Waals surface area contributed by atoms with Crippen LogP contribution in [-0.4, -0.2) is 38.8 Å². The number of amides is 1. The Balaban J connectivity index is 2.78. The highest BCUT2D eigenvalue weighted by Crippen LogP contribution is 2.17. The third-order valence-corrected chi connectivity index (χ3v) is 4.44. The second-order valence-electron chi connectivity index (χ2n) is 4.89. The molecule has 0 unspecified atom stereocenters. The van der Waals surface area contributed by atoms with Gasteiger partial charge in [0.1, 0.15) is 10.7 Å². The van der Waals surface area contributed by atoms with E-state index in [-0.39, 0.29) is 12.5 Å². The van der Waals surface area contributed by atoms with E-state index in [1.54, 1.807) is 0 Å². The molecule has 7 heteroatoms. The second kappa shape index (κ2) is 6.81. The molecule has 1 aromatic rings. The number of likely N-dealkylation sites (N-methyl/N-ethyl adjacent to an activating group) is 1. The second-order valence-corrected chi connectivity index (χ2v) is 6.90. The van der Waals surface area contributed by atoms with E-state index in [0.717, 1.165) is 10.4 Å². The van der Waals surface area contributed by atoms with Crippen LogP contribution in [0.2, 0.25) is 0 Å². The maximum Gasteiger partial charge on any atom is 0.246 e. The largest absolute Gasteiger partial charge is 0.355 e. The summed E-state index contributed by atoms with van der Waals surface area (Å²) in [5, 5.41) is 2.61. The molecule has 0 atom stereocenters. The molecule has 0 aliphatic heterocycles. The monoisotopic (exact) mass is 302 g/mol. The average Bonchev–Trinajstić information content (AvgIpc) is 2.36. The Morgan fingerprint density at radius 1 is 1.35 bits per heavy atom. The summed E-state index contributed by atoms with van der Waals surface area (Å²) in [7, 11) is -2.76. The molecule has 0 saturated carbocycles. The summed E-state index contributed by atoms with van der Waals surface area (Å²) in [5.41, 5.74) is 0. The lowest BCUT2D eigenvalue weighted by Gasteiger charge is -2.17. The fourth-order valence-corrected chi connectivity index (χ4v) is 2.67. The zero-order valence-electron chi connectivity index (χ0n) is 11.8. The van der Waals surface area contributed by atoms with Crippen molar-refractivity contribution in [1.29, 1.82) is 0 Å².